The minimum atomic E-state index is -4.76. The van der Waals surface area contributed by atoms with Crippen molar-refractivity contribution in [1.29, 1.82) is 0 Å². The van der Waals surface area contributed by atoms with Crippen LogP contribution in [0.2, 0.25) is 5.02 Å². The number of hydrogen-bond donors (Lipinski definition) is 2. The molecule has 0 aliphatic carbocycles. The largest absolute Gasteiger partial charge is 0.573 e. The third-order valence-electron chi connectivity index (χ3n) is 7.84. The molecule has 6 nitrogen and oxygen atoms in total. The molecule has 5 rings (SSSR count). The fourth-order valence-corrected chi connectivity index (χ4v) is 5.98. The molecule has 224 valence electrons. The highest BCUT2D eigenvalue weighted by Crippen LogP contribution is 2.36. The number of alkyl halides is 3. The van der Waals surface area contributed by atoms with Crippen molar-refractivity contribution in [1.82, 2.24) is 14.4 Å². The van der Waals surface area contributed by atoms with Crippen LogP contribution in [0.25, 0.3) is 22.0 Å². The number of aryl methyl sites for hydroxylation is 2. The van der Waals surface area contributed by atoms with Crippen LogP contribution in [0.1, 0.15) is 28.7 Å². The summed E-state index contributed by atoms with van der Waals surface area (Å²) >= 11 is 6.47. The Hall–Kier alpha value is -3.08. The lowest BCUT2D eigenvalue weighted by Crippen LogP contribution is -2.45. The molecular formula is C32H37ClF3N5O. The van der Waals surface area contributed by atoms with Crippen molar-refractivity contribution in [2.24, 2.45) is 11.5 Å². The summed E-state index contributed by atoms with van der Waals surface area (Å²) in [6.45, 7) is 8.90. The summed E-state index contributed by atoms with van der Waals surface area (Å²) in [5, 5.41) is 1.86. The maximum atomic E-state index is 12.8. The summed E-state index contributed by atoms with van der Waals surface area (Å²) in [7, 11) is 0. The fraction of sp³-hybridized carbons (Fsp3) is 0.375. The van der Waals surface area contributed by atoms with Crippen molar-refractivity contribution in [3.05, 3.63) is 88.1 Å². The Balaban J connectivity index is 1.36. The first kappa shape index (κ1) is 30.4. The summed E-state index contributed by atoms with van der Waals surface area (Å²) in [6, 6.07) is 17.1. The highest BCUT2D eigenvalue weighted by Gasteiger charge is 2.31. The van der Waals surface area contributed by atoms with E-state index in [4.69, 9.17) is 23.1 Å². The Morgan fingerprint density at radius 3 is 2.26 bits per heavy atom. The van der Waals surface area contributed by atoms with Gasteiger partial charge < -0.3 is 20.8 Å². The minimum absolute atomic E-state index is 0.0810. The summed E-state index contributed by atoms with van der Waals surface area (Å²) in [5.74, 6) is -0.275. The Kier molecular flexibility index (Phi) is 9.44. The number of rotatable bonds is 10. The topological polar surface area (TPSA) is 72.7 Å². The number of nitrogens with two attached hydrogens (primary N) is 2. The normalized spacial score (nSPS) is 15.0. The lowest BCUT2D eigenvalue weighted by molar-refractivity contribution is -0.274. The average molecular weight is 600 g/mol. The SMILES string of the molecule is Cc1ccc(CN2CCN(Cc3ccc4c(c3)c(-c3ccc(OC(F)(F)F)cc3CN)cn4CCCN)CC2)c(Cl)c1. The Bertz CT molecular complexity index is 1530. The van der Waals surface area contributed by atoms with Crippen molar-refractivity contribution in [3.8, 4) is 16.9 Å². The van der Waals surface area contributed by atoms with E-state index in [1.807, 2.05) is 13.0 Å². The monoisotopic (exact) mass is 599 g/mol. The summed E-state index contributed by atoms with van der Waals surface area (Å²) in [5.41, 5.74) is 18.7. The number of nitrogens with zero attached hydrogens (tertiary/aromatic N) is 3. The number of aromatic nitrogens is 1. The van der Waals surface area contributed by atoms with Crippen molar-refractivity contribution in [2.45, 2.75) is 45.9 Å². The van der Waals surface area contributed by atoms with E-state index in [-0.39, 0.29) is 12.3 Å². The first-order valence-electron chi connectivity index (χ1n) is 14.2. The van der Waals surface area contributed by atoms with Crippen LogP contribution in [0.5, 0.6) is 5.75 Å². The second kappa shape index (κ2) is 13.1. The third kappa shape index (κ3) is 7.27. The van der Waals surface area contributed by atoms with Gasteiger partial charge in [-0.05, 0) is 78.0 Å². The summed E-state index contributed by atoms with van der Waals surface area (Å²) < 4.78 is 44.8. The number of hydrogen-bond acceptors (Lipinski definition) is 5. The van der Waals surface area contributed by atoms with Crippen molar-refractivity contribution >= 4 is 22.5 Å². The zero-order chi connectivity index (χ0) is 29.9. The molecule has 0 amide bonds. The maximum absolute atomic E-state index is 12.8. The highest BCUT2D eigenvalue weighted by atomic mass is 35.5. The van der Waals surface area contributed by atoms with E-state index in [0.717, 1.165) is 90.4 Å². The molecule has 0 bridgehead atoms. The number of benzene rings is 3. The first-order chi connectivity index (χ1) is 20.1. The molecule has 3 aromatic carbocycles. The Morgan fingerprint density at radius 2 is 1.60 bits per heavy atom. The van der Waals surface area contributed by atoms with Gasteiger partial charge in [-0.15, -0.1) is 13.2 Å². The molecule has 1 aromatic heterocycles. The fourth-order valence-electron chi connectivity index (χ4n) is 5.69. The molecular weight excluding hydrogens is 563 g/mol. The van der Waals surface area contributed by atoms with E-state index in [1.165, 1.54) is 17.7 Å². The lowest BCUT2D eigenvalue weighted by Gasteiger charge is -2.35. The Labute approximate surface area is 249 Å². The van der Waals surface area contributed by atoms with E-state index >= 15 is 0 Å². The van der Waals surface area contributed by atoms with Crippen LogP contribution in [0.3, 0.4) is 0 Å². The first-order valence-corrected chi connectivity index (χ1v) is 14.6. The minimum Gasteiger partial charge on any atom is -0.406 e. The van der Waals surface area contributed by atoms with E-state index in [2.05, 4.69) is 55.6 Å². The van der Waals surface area contributed by atoms with Gasteiger partial charge >= 0.3 is 6.36 Å². The molecule has 42 heavy (non-hydrogen) atoms. The molecule has 2 heterocycles. The molecule has 0 unspecified atom stereocenters. The molecule has 1 saturated heterocycles. The zero-order valence-electron chi connectivity index (χ0n) is 23.8. The molecule has 0 saturated carbocycles. The predicted octanol–water partition coefficient (Wildman–Crippen LogP) is 6.29. The lowest BCUT2D eigenvalue weighted by atomic mass is 9.98. The molecule has 10 heteroatoms. The van der Waals surface area contributed by atoms with Gasteiger partial charge in [0.1, 0.15) is 5.75 Å². The van der Waals surface area contributed by atoms with E-state index in [0.29, 0.717) is 12.1 Å². The predicted molar refractivity (Wildman–Crippen MR) is 162 cm³/mol. The molecule has 1 aliphatic heterocycles. The Morgan fingerprint density at radius 1 is 0.857 bits per heavy atom. The number of piperazine rings is 1. The van der Waals surface area contributed by atoms with Gasteiger partial charge in [0.05, 0.1) is 0 Å². The van der Waals surface area contributed by atoms with Crippen molar-refractivity contribution < 1.29 is 17.9 Å². The average Bonchev–Trinajstić information content (AvgIpc) is 3.31. The molecule has 0 spiro atoms. The van der Waals surface area contributed by atoms with Crippen LogP contribution in [-0.4, -0.2) is 53.5 Å². The molecule has 0 atom stereocenters. The van der Waals surface area contributed by atoms with Gasteiger partial charge in [0.2, 0.25) is 0 Å². The van der Waals surface area contributed by atoms with Gasteiger partial charge in [0, 0.05) is 80.0 Å². The molecule has 1 fully saturated rings. The van der Waals surface area contributed by atoms with E-state index in [9.17, 15) is 13.2 Å². The third-order valence-corrected chi connectivity index (χ3v) is 8.19. The van der Waals surface area contributed by atoms with Gasteiger partial charge in [-0.3, -0.25) is 9.80 Å². The molecule has 1 aliphatic rings. The van der Waals surface area contributed by atoms with Gasteiger partial charge in [0.15, 0.2) is 0 Å². The van der Waals surface area contributed by atoms with Crippen LogP contribution in [-0.2, 0) is 26.2 Å². The molecule has 4 N–H and O–H groups in total. The second-order valence-electron chi connectivity index (χ2n) is 10.9. The summed E-state index contributed by atoms with van der Waals surface area (Å²) in [4.78, 5) is 4.89. The van der Waals surface area contributed by atoms with Crippen LogP contribution < -0.4 is 16.2 Å². The van der Waals surface area contributed by atoms with Crippen molar-refractivity contribution in [3.63, 3.8) is 0 Å². The van der Waals surface area contributed by atoms with Crippen LogP contribution in [0, 0.1) is 6.92 Å². The standard InChI is InChI=1S/C32H37ClF3N5O/c1-22-3-5-24(30(33)15-22)20-40-13-11-39(12-14-40)19-23-4-8-31-28(16-23)29(21-41(31)10-2-9-37)27-7-6-26(17-25(27)18-38)42-32(34,35)36/h3-8,15-17,21H,2,9-14,18-20,37-38H2,1H3. The van der Waals surface area contributed by atoms with Crippen LogP contribution in [0.4, 0.5) is 13.2 Å². The van der Waals surface area contributed by atoms with E-state index in [1.54, 1.807) is 6.07 Å². The highest BCUT2D eigenvalue weighted by molar-refractivity contribution is 6.31. The van der Waals surface area contributed by atoms with Gasteiger partial charge in [-0.1, -0.05) is 35.9 Å². The van der Waals surface area contributed by atoms with Gasteiger partial charge in [0.25, 0.3) is 0 Å². The molecule has 4 aromatic rings. The second-order valence-corrected chi connectivity index (χ2v) is 11.4. The maximum Gasteiger partial charge on any atom is 0.573 e. The van der Waals surface area contributed by atoms with Crippen molar-refractivity contribution in [2.75, 3.05) is 32.7 Å². The zero-order valence-corrected chi connectivity index (χ0v) is 24.5. The quantitative estimate of drug-likeness (QED) is 0.224. The van der Waals surface area contributed by atoms with Gasteiger partial charge in [-0.25, -0.2) is 0 Å². The van der Waals surface area contributed by atoms with Crippen LogP contribution >= 0.6 is 11.6 Å². The van der Waals surface area contributed by atoms with E-state index < -0.39 is 6.36 Å². The molecule has 0 radical (unpaired) electrons. The number of halogens is 4. The smallest absolute Gasteiger partial charge is 0.406 e. The van der Waals surface area contributed by atoms with Crippen LogP contribution in [0.15, 0.2) is 60.8 Å². The van der Waals surface area contributed by atoms with Gasteiger partial charge in [-0.2, -0.15) is 0 Å². The number of fused-ring (bicyclic) bond motifs is 1. The number of ether oxygens (including phenoxy) is 1. The summed E-state index contributed by atoms with van der Waals surface area (Å²) in [6.07, 6.45) is -1.90.